The quantitative estimate of drug-likeness (QED) is 0.0565. The SMILES string of the molecule is CCCCN(CCCC)CCC[Si](OC)(OC)O[Si](CCCN(CCCC)CCCC)(OC)O[Si](CCCN(CCCC)CCCC)(OC)OC. The maximum Gasteiger partial charge on any atom is 0.493 e. The minimum absolute atomic E-state index is 0.652. The normalized spacial score (nSPS) is 13.1. The predicted molar refractivity (Wildman–Crippen MR) is 222 cm³/mol. The maximum absolute atomic E-state index is 7.17. The zero-order valence-corrected chi connectivity index (χ0v) is 38.8. The Hall–Kier alpha value is 0.251. The minimum atomic E-state index is -3.42. The van der Waals surface area contributed by atoms with Crippen molar-refractivity contribution in [2.75, 3.05) is 94.5 Å². The van der Waals surface area contributed by atoms with Gasteiger partial charge in [0, 0.05) is 53.7 Å². The largest absolute Gasteiger partial charge is 0.493 e. The Labute approximate surface area is 321 Å². The molecular weight excluding hydrogens is 695 g/mol. The number of unbranched alkanes of at least 4 members (excludes halogenated alkanes) is 6. The summed E-state index contributed by atoms with van der Waals surface area (Å²) < 4.78 is 45.8. The molecule has 0 fully saturated rings. The number of nitrogens with zero attached hydrogens (tertiary/aromatic N) is 3. The monoisotopic (exact) mass is 782 g/mol. The van der Waals surface area contributed by atoms with Gasteiger partial charge in [0.05, 0.1) is 0 Å². The molecule has 0 saturated carbocycles. The summed E-state index contributed by atoms with van der Waals surface area (Å²) in [6.07, 6.45) is 17.2. The fraction of sp³-hybridized carbons (Fsp3) is 1.00. The Morgan fingerprint density at radius 2 is 0.490 bits per heavy atom. The summed E-state index contributed by atoms with van der Waals surface area (Å²) in [6, 6.07) is 2.06. The lowest BCUT2D eigenvalue weighted by atomic mass is 10.2. The average Bonchev–Trinajstić information content (AvgIpc) is 3.16. The molecule has 0 heterocycles. The molecule has 0 radical (unpaired) electrons. The summed E-state index contributed by atoms with van der Waals surface area (Å²) in [5.74, 6) is 0. The van der Waals surface area contributed by atoms with Crippen LogP contribution in [0.1, 0.15) is 138 Å². The topological polar surface area (TPSA) is 74.3 Å². The first-order valence-corrected chi connectivity index (χ1v) is 26.8. The third kappa shape index (κ3) is 22.4. The van der Waals surface area contributed by atoms with E-state index in [-0.39, 0.29) is 0 Å². The van der Waals surface area contributed by atoms with Crippen molar-refractivity contribution >= 4 is 26.4 Å². The molecule has 308 valence electrons. The third-order valence-electron chi connectivity index (χ3n) is 10.0. The van der Waals surface area contributed by atoms with Gasteiger partial charge in [-0.3, -0.25) is 0 Å². The molecule has 13 heteroatoms. The van der Waals surface area contributed by atoms with Crippen molar-refractivity contribution in [3.63, 3.8) is 0 Å². The highest BCUT2D eigenvalue weighted by Crippen LogP contribution is 2.32. The Morgan fingerprint density at radius 1 is 0.294 bits per heavy atom. The molecule has 10 nitrogen and oxygen atoms in total. The molecule has 0 amide bonds. The molecule has 0 bridgehead atoms. The summed E-state index contributed by atoms with van der Waals surface area (Å²) in [6.45, 7) is 23.3. The van der Waals surface area contributed by atoms with Gasteiger partial charge in [0.2, 0.25) is 0 Å². The van der Waals surface area contributed by atoms with Crippen LogP contribution < -0.4 is 0 Å². The van der Waals surface area contributed by atoms with Crippen LogP contribution in [0.5, 0.6) is 0 Å². The van der Waals surface area contributed by atoms with Gasteiger partial charge in [0.25, 0.3) is 0 Å². The van der Waals surface area contributed by atoms with Gasteiger partial charge < -0.3 is 45.1 Å². The lowest BCUT2D eigenvalue weighted by molar-refractivity contribution is 0.0680. The third-order valence-corrected chi connectivity index (χ3v) is 21.0. The van der Waals surface area contributed by atoms with Gasteiger partial charge in [0.1, 0.15) is 0 Å². The van der Waals surface area contributed by atoms with Crippen molar-refractivity contribution in [2.24, 2.45) is 0 Å². The molecular formula is C38H87N3O7Si3. The molecule has 0 aromatic carbocycles. The molecule has 0 aliphatic rings. The van der Waals surface area contributed by atoms with Crippen LogP contribution in [0.4, 0.5) is 0 Å². The van der Waals surface area contributed by atoms with E-state index < -0.39 is 26.4 Å². The second-order valence-electron chi connectivity index (χ2n) is 14.2. The molecule has 51 heavy (non-hydrogen) atoms. The lowest BCUT2D eigenvalue weighted by Gasteiger charge is -2.41. The van der Waals surface area contributed by atoms with Crippen molar-refractivity contribution in [3.05, 3.63) is 0 Å². The molecule has 0 aliphatic heterocycles. The van der Waals surface area contributed by atoms with Crippen LogP contribution in [-0.2, 0) is 30.4 Å². The van der Waals surface area contributed by atoms with E-state index >= 15 is 0 Å². The van der Waals surface area contributed by atoms with E-state index in [1.54, 1.807) is 35.5 Å². The second kappa shape index (κ2) is 32.5. The highest BCUT2D eigenvalue weighted by Gasteiger charge is 2.57. The molecule has 0 N–H and O–H groups in total. The van der Waals surface area contributed by atoms with E-state index in [4.69, 9.17) is 30.4 Å². The van der Waals surface area contributed by atoms with E-state index in [1.807, 2.05) is 0 Å². The molecule has 0 saturated heterocycles. The molecule has 0 atom stereocenters. The Morgan fingerprint density at radius 3 is 0.686 bits per heavy atom. The molecule has 0 unspecified atom stereocenters. The van der Waals surface area contributed by atoms with Gasteiger partial charge in [-0.15, -0.1) is 0 Å². The first-order chi connectivity index (χ1) is 24.7. The van der Waals surface area contributed by atoms with E-state index in [0.29, 0.717) is 18.1 Å². The zero-order valence-electron chi connectivity index (χ0n) is 35.8. The number of hydrogen-bond acceptors (Lipinski definition) is 10. The van der Waals surface area contributed by atoms with Gasteiger partial charge >= 0.3 is 26.4 Å². The van der Waals surface area contributed by atoms with Gasteiger partial charge in [-0.1, -0.05) is 80.1 Å². The van der Waals surface area contributed by atoms with Crippen LogP contribution >= 0.6 is 0 Å². The Kier molecular flexibility index (Phi) is 32.6. The summed E-state index contributed by atoms with van der Waals surface area (Å²) in [5, 5.41) is 0. The Balaban J connectivity index is 6.32. The minimum Gasteiger partial charge on any atom is -0.378 e. The highest BCUT2D eigenvalue weighted by molar-refractivity contribution is 6.80. The van der Waals surface area contributed by atoms with E-state index in [9.17, 15) is 0 Å². The fourth-order valence-corrected chi connectivity index (χ4v) is 17.6. The van der Waals surface area contributed by atoms with Crippen LogP contribution in [0.15, 0.2) is 0 Å². The molecule has 0 aromatic heterocycles. The van der Waals surface area contributed by atoms with Crippen LogP contribution in [0.2, 0.25) is 18.1 Å². The van der Waals surface area contributed by atoms with Crippen molar-refractivity contribution in [3.8, 4) is 0 Å². The first kappa shape index (κ1) is 51.3. The summed E-state index contributed by atoms with van der Waals surface area (Å²) in [7, 11) is -1.13. The maximum atomic E-state index is 7.17. The van der Waals surface area contributed by atoms with Crippen molar-refractivity contribution in [2.45, 2.75) is 156 Å². The van der Waals surface area contributed by atoms with Gasteiger partial charge in [-0.05, 0) is 117 Å². The highest BCUT2D eigenvalue weighted by atomic mass is 28.5. The van der Waals surface area contributed by atoms with Gasteiger partial charge in [-0.25, -0.2) is 0 Å². The number of rotatable bonds is 39. The molecule has 0 aromatic rings. The summed E-state index contributed by atoms with van der Waals surface area (Å²) in [4.78, 5) is 7.78. The predicted octanol–water partition coefficient (Wildman–Crippen LogP) is 8.95. The Bertz CT molecular complexity index is 702. The molecule has 0 aliphatic carbocycles. The van der Waals surface area contributed by atoms with Crippen molar-refractivity contribution < 1.29 is 30.4 Å². The average molecular weight is 782 g/mol. The van der Waals surface area contributed by atoms with Gasteiger partial charge in [-0.2, -0.15) is 0 Å². The first-order valence-electron chi connectivity index (χ1n) is 21.0. The molecule has 0 rings (SSSR count). The fourth-order valence-electron chi connectivity index (χ4n) is 6.48. The van der Waals surface area contributed by atoms with E-state index in [0.717, 1.165) is 78.2 Å². The van der Waals surface area contributed by atoms with E-state index in [1.165, 1.54) is 77.0 Å². The van der Waals surface area contributed by atoms with Crippen LogP contribution in [0.3, 0.4) is 0 Å². The van der Waals surface area contributed by atoms with Gasteiger partial charge in [0.15, 0.2) is 0 Å². The van der Waals surface area contributed by atoms with Crippen LogP contribution in [0.25, 0.3) is 0 Å². The standard InChI is InChI=1S/C38H87N3O7Si3/c1-12-18-27-39(28-19-13-2)33-24-36-49(42-7,43-8)47-51(46-11,38-26-35-41(31-22-16-5)32-23-17-6)48-50(44-9,45-10)37-25-34-40(29-20-14-3)30-21-15-4/h12-38H2,1-11H3. The zero-order chi connectivity index (χ0) is 38.3. The van der Waals surface area contributed by atoms with Crippen LogP contribution in [-0.4, -0.2) is 136 Å². The van der Waals surface area contributed by atoms with Crippen molar-refractivity contribution in [1.29, 1.82) is 0 Å². The molecule has 0 spiro atoms. The smallest absolute Gasteiger partial charge is 0.378 e. The van der Waals surface area contributed by atoms with Crippen LogP contribution in [0, 0.1) is 0 Å². The van der Waals surface area contributed by atoms with E-state index in [2.05, 4.69) is 56.2 Å². The lowest BCUT2D eigenvalue weighted by Crippen LogP contribution is -2.63. The number of hydrogen-bond donors (Lipinski definition) is 0. The summed E-state index contributed by atoms with van der Waals surface area (Å²) >= 11 is 0. The summed E-state index contributed by atoms with van der Waals surface area (Å²) in [5.41, 5.74) is 0. The second-order valence-corrected chi connectivity index (χ2v) is 23.5. The van der Waals surface area contributed by atoms with Crippen molar-refractivity contribution in [1.82, 2.24) is 14.7 Å².